The van der Waals surface area contributed by atoms with Gasteiger partial charge < -0.3 is 10.2 Å². The van der Waals surface area contributed by atoms with Gasteiger partial charge in [-0.3, -0.25) is 9.11 Å². The number of aromatic nitrogens is 1. The van der Waals surface area contributed by atoms with Gasteiger partial charge in [0.1, 0.15) is 5.82 Å². The van der Waals surface area contributed by atoms with Gasteiger partial charge in [0.05, 0.1) is 23.0 Å². The van der Waals surface area contributed by atoms with Crippen molar-refractivity contribution in [2.75, 3.05) is 35.9 Å². The van der Waals surface area contributed by atoms with E-state index >= 15 is 0 Å². The lowest BCUT2D eigenvalue weighted by molar-refractivity contribution is 0.447. The van der Waals surface area contributed by atoms with Crippen molar-refractivity contribution in [3.05, 3.63) is 47.7 Å². The van der Waals surface area contributed by atoms with Crippen molar-refractivity contribution in [3.63, 3.8) is 0 Å². The lowest BCUT2D eigenvalue weighted by atomic mass is 10.0. The minimum absolute atomic E-state index is 0.140. The van der Waals surface area contributed by atoms with Gasteiger partial charge in [-0.2, -0.15) is 0 Å². The molecule has 6 nitrogen and oxygen atoms in total. The van der Waals surface area contributed by atoms with E-state index in [0.29, 0.717) is 17.4 Å². The number of sulfonamides is 1. The highest BCUT2D eigenvalue weighted by molar-refractivity contribution is 7.92. The number of benzene rings is 1. The smallest absolute Gasteiger partial charge is 0.261 e. The van der Waals surface area contributed by atoms with Gasteiger partial charge in [0.2, 0.25) is 0 Å². The van der Waals surface area contributed by atoms with Crippen LogP contribution in [0.4, 0.5) is 15.9 Å². The topological polar surface area (TPSA) is 74.3 Å². The summed E-state index contributed by atoms with van der Waals surface area (Å²) in [5, 5.41) is 3.39. The predicted molar refractivity (Wildman–Crippen MR) is 110 cm³/mol. The predicted octanol–water partition coefficient (Wildman–Crippen LogP) is 3.06. The average molecular weight is 407 g/mol. The highest BCUT2D eigenvalue weighted by Crippen LogP contribution is 2.24. The summed E-state index contributed by atoms with van der Waals surface area (Å²) in [5.41, 5.74) is 1.84. The fraction of sp³-hybridized carbons (Fsp3) is 0.450. The minimum atomic E-state index is -3.74. The van der Waals surface area contributed by atoms with Crippen molar-refractivity contribution in [2.45, 2.75) is 37.6 Å². The first-order chi connectivity index (χ1) is 13.3. The van der Waals surface area contributed by atoms with Crippen LogP contribution >= 0.6 is 0 Å². The summed E-state index contributed by atoms with van der Waals surface area (Å²) in [4.78, 5) is 6.92. The molecule has 1 aromatic carbocycles. The number of nitrogens with zero attached hydrogens (tertiary/aromatic N) is 2. The van der Waals surface area contributed by atoms with E-state index in [0.717, 1.165) is 31.0 Å². The summed E-state index contributed by atoms with van der Waals surface area (Å²) in [6.07, 6.45) is 0. The van der Waals surface area contributed by atoms with Crippen molar-refractivity contribution in [1.82, 2.24) is 10.3 Å². The number of anilines is 2. The van der Waals surface area contributed by atoms with Crippen LogP contribution < -0.4 is 14.9 Å². The third-order valence-electron chi connectivity index (χ3n) is 5.00. The Bertz CT molecular complexity index is 918. The normalized spacial score (nSPS) is 18.7. The van der Waals surface area contributed by atoms with Gasteiger partial charge in [0.25, 0.3) is 10.0 Å². The van der Waals surface area contributed by atoms with Crippen molar-refractivity contribution in [1.29, 1.82) is 0 Å². The molecule has 0 radical (unpaired) electrons. The third-order valence-corrected chi connectivity index (χ3v) is 6.38. The van der Waals surface area contributed by atoms with Gasteiger partial charge in [0.15, 0.2) is 0 Å². The van der Waals surface area contributed by atoms with Crippen LogP contribution in [0.1, 0.15) is 31.0 Å². The molecule has 1 aromatic heterocycles. The second-order valence-corrected chi connectivity index (χ2v) is 9.02. The molecule has 28 heavy (non-hydrogen) atoms. The molecule has 1 fully saturated rings. The molecular weight excluding hydrogens is 379 g/mol. The molecule has 2 aromatic rings. The van der Waals surface area contributed by atoms with E-state index in [1.807, 2.05) is 6.07 Å². The zero-order valence-electron chi connectivity index (χ0n) is 16.4. The van der Waals surface area contributed by atoms with Crippen LogP contribution in [0.15, 0.2) is 41.3 Å². The van der Waals surface area contributed by atoms with Crippen molar-refractivity contribution in [3.8, 4) is 0 Å². The van der Waals surface area contributed by atoms with Crippen molar-refractivity contribution in [2.24, 2.45) is 0 Å². The summed E-state index contributed by atoms with van der Waals surface area (Å²) in [5.74, 6) is 0.592. The molecule has 8 heteroatoms. The Kier molecular flexibility index (Phi) is 6.20. The maximum Gasteiger partial charge on any atom is 0.261 e. The molecule has 0 spiro atoms. The van der Waals surface area contributed by atoms with Crippen molar-refractivity contribution < 1.29 is 12.8 Å². The number of alkyl halides is 1. The quantitative estimate of drug-likeness (QED) is 0.771. The summed E-state index contributed by atoms with van der Waals surface area (Å²) in [6.45, 7) is 7.82. The Balaban J connectivity index is 1.76. The largest absolute Gasteiger partial charge is 0.354 e. The van der Waals surface area contributed by atoms with Gasteiger partial charge in [-0.1, -0.05) is 19.1 Å². The van der Waals surface area contributed by atoms with E-state index in [9.17, 15) is 12.8 Å². The maximum atomic E-state index is 12.8. The van der Waals surface area contributed by atoms with E-state index in [-0.39, 0.29) is 10.8 Å². The third kappa shape index (κ3) is 4.62. The lowest BCUT2D eigenvalue weighted by Gasteiger charge is -2.33. The second kappa shape index (κ2) is 8.45. The zero-order chi connectivity index (χ0) is 20.3. The Morgan fingerprint density at radius 1 is 1.29 bits per heavy atom. The number of aryl methyl sites for hydroxylation is 1. The van der Waals surface area contributed by atoms with Crippen LogP contribution in [0.2, 0.25) is 0 Å². The lowest BCUT2D eigenvalue weighted by Crippen LogP contribution is -2.49. The Hall–Kier alpha value is -2.19. The van der Waals surface area contributed by atoms with Gasteiger partial charge in [-0.05, 0) is 43.7 Å². The molecule has 2 atom stereocenters. The van der Waals surface area contributed by atoms with E-state index in [1.54, 1.807) is 32.0 Å². The molecule has 1 aliphatic rings. The fourth-order valence-corrected chi connectivity index (χ4v) is 4.36. The molecule has 0 aliphatic carbocycles. The number of hydrogen-bond acceptors (Lipinski definition) is 5. The van der Waals surface area contributed by atoms with Crippen LogP contribution in [0.25, 0.3) is 0 Å². The molecule has 0 amide bonds. The highest BCUT2D eigenvalue weighted by atomic mass is 32.2. The van der Waals surface area contributed by atoms with Gasteiger partial charge in [-0.25, -0.2) is 13.4 Å². The summed E-state index contributed by atoms with van der Waals surface area (Å²) >= 11 is 0. The summed E-state index contributed by atoms with van der Waals surface area (Å²) in [7, 11) is -3.74. The first-order valence-corrected chi connectivity index (χ1v) is 10.9. The summed E-state index contributed by atoms with van der Waals surface area (Å²) < 4.78 is 40.8. The van der Waals surface area contributed by atoms with Crippen molar-refractivity contribution >= 4 is 21.5 Å². The first kappa shape index (κ1) is 20.5. The van der Waals surface area contributed by atoms with Crippen LogP contribution in [-0.4, -0.2) is 45.8 Å². The van der Waals surface area contributed by atoms with E-state index in [2.05, 4.69) is 26.8 Å². The van der Waals surface area contributed by atoms with Crippen LogP contribution in [0, 0.1) is 6.92 Å². The highest BCUT2D eigenvalue weighted by Gasteiger charge is 2.20. The first-order valence-electron chi connectivity index (χ1n) is 9.45. The van der Waals surface area contributed by atoms with E-state index in [4.69, 9.17) is 0 Å². The molecule has 3 rings (SSSR count). The molecule has 0 bridgehead atoms. The number of halogens is 1. The average Bonchev–Trinajstić information content (AvgIpc) is 2.69. The molecular formula is C20H27FN4O2S. The number of hydrogen-bond donors (Lipinski definition) is 2. The summed E-state index contributed by atoms with van der Waals surface area (Å²) in [6, 6.07) is 10.3. The minimum Gasteiger partial charge on any atom is -0.354 e. The number of pyridine rings is 1. The number of rotatable bonds is 6. The Labute approximate surface area is 166 Å². The van der Waals surface area contributed by atoms with Crippen LogP contribution in [0.5, 0.6) is 0 Å². The molecule has 0 saturated carbocycles. The molecule has 0 unspecified atom stereocenters. The molecule has 1 aliphatic heterocycles. The van der Waals surface area contributed by atoms with Gasteiger partial charge in [-0.15, -0.1) is 0 Å². The van der Waals surface area contributed by atoms with E-state index < -0.39 is 16.7 Å². The second-order valence-electron chi connectivity index (χ2n) is 7.33. The molecule has 2 heterocycles. The number of nitrogens with one attached hydrogen (secondary N) is 2. The monoisotopic (exact) mass is 406 g/mol. The standard InChI is InChI=1S/C20H27FN4O2S/c1-14(12-21)17-4-6-18(7-5-17)28(26,27)24-19-8-9-20(23-16(19)3)25-11-10-22-15(2)13-25/h4-9,14-15,22,24H,10-13H2,1-3H3/t14-,15-/m1/s1. The van der Waals surface area contributed by atoms with Crippen LogP contribution in [-0.2, 0) is 10.0 Å². The molecule has 2 N–H and O–H groups in total. The zero-order valence-corrected chi connectivity index (χ0v) is 17.3. The Morgan fingerprint density at radius 2 is 2.00 bits per heavy atom. The van der Waals surface area contributed by atoms with Gasteiger partial charge in [0, 0.05) is 31.6 Å². The maximum absolute atomic E-state index is 12.8. The van der Waals surface area contributed by atoms with Gasteiger partial charge >= 0.3 is 0 Å². The SMILES string of the molecule is Cc1nc(N2CCN[C@H](C)C2)ccc1NS(=O)(=O)c1ccc([C@H](C)CF)cc1. The Morgan fingerprint density at radius 3 is 2.61 bits per heavy atom. The van der Waals surface area contributed by atoms with Crippen LogP contribution in [0.3, 0.4) is 0 Å². The molecule has 1 saturated heterocycles. The number of piperazine rings is 1. The molecule has 152 valence electrons. The fourth-order valence-electron chi connectivity index (χ4n) is 3.24. The van der Waals surface area contributed by atoms with E-state index in [1.165, 1.54) is 12.1 Å².